The Morgan fingerprint density at radius 2 is 2.27 bits per heavy atom. The summed E-state index contributed by atoms with van der Waals surface area (Å²) in [5, 5.41) is 11.5. The second-order valence-electron chi connectivity index (χ2n) is 3.50. The number of para-hydroxylation sites is 1. The van der Waals surface area contributed by atoms with Crippen LogP contribution < -0.4 is 5.73 Å². The first-order chi connectivity index (χ1) is 7.24. The summed E-state index contributed by atoms with van der Waals surface area (Å²) in [6, 6.07) is 5.69. The fourth-order valence-corrected chi connectivity index (χ4v) is 1.95. The number of fused-ring (bicyclic) bond motifs is 1. The van der Waals surface area contributed by atoms with Gasteiger partial charge in [-0.2, -0.15) is 0 Å². The van der Waals surface area contributed by atoms with Gasteiger partial charge in [-0.05, 0) is 13.0 Å². The zero-order chi connectivity index (χ0) is 10.8. The fourth-order valence-electron chi connectivity index (χ4n) is 1.73. The molecule has 4 heteroatoms. The van der Waals surface area contributed by atoms with Gasteiger partial charge in [0.1, 0.15) is 0 Å². The summed E-state index contributed by atoms with van der Waals surface area (Å²) in [6.45, 7) is 0.464. The van der Waals surface area contributed by atoms with Crippen molar-refractivity contribution in [2.24, 2.45) is 5.73 Å². The van der Waals surface area contributed by atoms with Gasteiger partial charge in [-0.1, -0.05) is 29.8 Å². The molecule has 0 fully saturated rings. The van der Waals surface area contributed by atoms with Gasteiger partial charge in [0.05, 0.1) is 16.6 Å². The number of benzene rings is 1. The summed E-state index contributed by atoms with van der Waals surface area (Å²) in [6.07, 6.45) is 1.74. The van der Waals surface area contributed by atoms with E-state index in [-0.39, 0.29) is 0 Å². The van der Waals surface area contributed by atoms with Crippen molar-refractivity contribution in [3.05, 3.63) is 35.0 Å². The quantitative estimate of drug-likeness (QED) is 0.749. The molecule has 1 aromatic heterocycles. The van der Waals surface area contributed by atoms with Crippen molar-refractivity contribution in [1.29, 1.82) is 0 Å². The van der Waals surface area contributed by atoms with E-state index < -0.39 is 6.10 Å². The molecule has 0 saturated carbocycles. The van der Waals surface area contributed by atoms with E-state index in [0.29, 0.717) is 18.0 Å². The zero-order valence-electron chi connectivity index (χ0n) is 8.20. The van der Waals surface area contributed by atoms with Crippen LogP contribution in [-0.2, 0) is 0 Å². The number of aliphatic hydroxyl groups excluding tert-OH is 1. The van der Waals surface area contributed by atoms with Crippen LogP contribution >= 0.6 is 11.6 Å². The molecule has 0 aliphatic carbocycles. The second-order valence-corrected chi connectivity index (χ2v) is 3.91. The maximum atomic E-state index is 9.88. The number of aliphatic hydroxyl groups is 1. The molecule has 4 N–H and O–H groups in total. The number of H-pyrrole nitrogens is 1. The number of hydrogen-bond acceptors (Lipinski definition) is 2. The minimum Gasteiger partial charge on any atom is -0.388 e. The molecule has 0 saturated heterocycles. The first kappa shape index (κ1) is 10.5. The number of halogens is 1. The molecule has 0 aliphatic rings. The van der Waals surface area contributed by atoms with Gasteiger partial charge in [0, 0.05) is 17.1 Å². The number of rotatable bonds is 3. The van der Waals surface area contributed by atoms with Crippen LogP contribution in [0.5, 0.6) is 0 Å². The first-order valence-electron chi connectivity index (χ1n) is 4.87. The lowest BCUT2D eigenvalue weighted by Crippen LogP contribution is -2.07. The Kier molecular flexibility index (Phi) is 2.95. The number of nitrogens with two attached hydrogens (primary N) is 1. The summed E-state index contributed by atoms with van der Waals surface area (Å²) >= 11 is 5.99. The monoisotopic (exact) mass is 224 g/mol. The number of aromatic amines is 1. The lowest BCUT2D eigenvalue weighted by molar-refractivity contribution is 0.171. The van der Waals surface area contributed by atoms with Gasteiger partial charge in [-0.25, -0.2) is 0 Å². The Bertz CT molecular complexity index is 467. The van der Waals surface area contributed by atoms with E-state index in [9.17, 15) is 5.11 Å². The van der Waals surface area contributed by atoms with Gasteiger partial charge in [-0.15, -0.1) is 0 Å². The van der Waals surface area contributed by atoms with Crippen molar-refractivity contribution in [3.63, 3.8) is 0 Å². The Morgan fingerprint density at radius 3 is 3.00 bits per heavy atom. The fraction of sp³-hybridized carbons (Fsp3) is 0.273. The van der Waals surface area contributed by atoms with Crippen molar-refractivity contribution in [3.8, 4) is 0 Å². The predicted octanol–water partition coefficient (Wildman–Crippen LogP) is 2.20. The summed E-state index contributed by atoms with van der Waals surface area (Å²) in [7, 11) is 0. The van der Waals surface area contributed by atoms with Crippen LogP contribution in [0.1, 0.15) is 18.1 Å². The van der Waals surface area contributed by atoms with E-state index in [0.717, 1.165) is 16.5 Å². The van der Waals surface area contributed by atoms with Crippen molar-refractivity contribution in [2.45, 2.75) is 12.5 Å². The molecule has 2 aromatic rings. The highest BCUT2D eigenvalue weighted by Crippen LogP contribution is 2.29. The second kappa shape index (κ2) is 4.23. The van der Waals surface area contributed by atoms with Crippen LogP contribution in [0.4, 0.5) is 0 Å². The topological polar surface area (TPSA) is 62.0 Å². The third-order valence-corrected chi connectivity index (χ3v) is 2.81. The van der Waals surface area contributed by atoms with Crippen molar-refractivity contribution >= 4 is 22.5 Å². The van der Waals surface area contributed by atoms with Crippen LogP contribution in [-0.4, -0.2) is 16.6 Å². The summed E-state index contributed by atoms with van der Waals surface area (Å²) < 4.78 is 0. The molecule has 1 heterocycles. The maximum absolute atomic E-state index is 9.88. The highest BCUT2D eigenvalue weighted by molar-refractivity contribution is 6.35. The number of aromatic nitrogens is 1. The van der Waals surface area contributed by atoms with Crippen LogP contribution in [0.25, 0.3) is 10.9 Å². The van der Waals surface area contributed by atoms with Crippen molar-refractivity contribution < 1.29 is 5.11 Å². The standard InChI is InChI=1S/C11H13ClN2O/c12-9-6-14-11-7(9)2-1-3-8(11)10(15)4-5-13/h1-3,6,10,14-15H,4-5,13H2. The largest absolute Gasteiger partial charge is 0.388 e. The van der Waals surface area contributed by atoms with Gasteiger partial charge < -0.3 is 15.8 Å². The number of nitrogens with one attached hydrogen (secondary N) is 1. The molecule has 1 aromatic carbocycles. The van der Waals surface area contributed by atoms with Crippen molar-refractivity contribution in [1.82, 2.24) is 4.98 Å². The van der Waals surface area contributed by atoms with E-state index in [1.54, 1.807) is 6.20 Å². The predicted molar refractivity (Wildman–Crippen MR) is 61.9 cm³/mol. The molecule has 0 spiro atoms. The molecule has 3 nitrogen and oxygen atoms in total. The van der Waals surface area contributed by atoms with Gasteiger partial charge in [0.15, 0.2) is 0 Å². The van der Waals surface area contributed by atoms with E-state index >= 15 is 0 Å². The molecule has 2 rings (SSSR count). The maximum Gasteiger partial charge on any atom is 0.0822 e. The lowest BCUT2D eigenvalue weighted by Gasteiger charge is -2.10. The molecule has 0 aliphatic heterocycles. The summed E-state index contributed by atoms with van der Waals surface area (Å²) in [5.74, 6) is 0. The molecule has 0 amide bonds. The third kappa shape index (κ3) is 1.86. The minimum atomic E-state index is -0.534. The Morgan fingerprint density at radius 1 is 1.47 bits per heavy atom. The van der Waals surface area contributed by atoms with E-state index in [1.807, 2.05) is 18.2 Å². The zero-order valence-corrected chi connectivity index (χ0v) is 8.96. The average molecular weight is 225 g/mol. The molecule has 0 bridgehead atoms. The SMILES string of the molecule is NCCC(O)c1cccc2c(Cl)c[nH]c12. The third-order valence-electron chi connectivity index (χ3n) is 2.50. The average Bonchev–Trinajstić information content (AvgIpc) is 2.61. The molecule has 80 valence electrons. The Labute approximate surface area is 92.9 Å². The lowest BCUT2D eigenvalue weighted by atomic mass is 10.0. The van der Waals surface area contributed by atoms with E-state index in [1.165, 1.54) is 0 Å². The van der Waals surface area contributed by atoms with Gasteiger partial charge in [-0.3, -0.25) is 0 Å². The highest BCUT2D eigenvalue weighted by Gasteiger charge is 2.12. The molecular formula is C11H13ClN2O. The smallest absolute Gasteiger partial charge is 0.0822 e. The summed E-state index contributed by atoms with van der Waals surface area (Å²) in [5.41, 5.74) is 7.16. The Balaban J connectivity index is 2.51. The van der Waals surface area contributed by atoms with Crippen molar-refractivity contribution in [2.75, 3.05) is 6.54 Å². The van der Waals surface area contributed by atoms with Gasteiger partial charge in [0.25, 0.3) is 0 Å². The van der Waals surface area contributed by atoms with Crippen LogP contribution in [0.3, 0.4) is 0 Å². The molecular weight excluding hydrogens is 212 g/mol. The van der Waals surface area contributed by atoms with Crippen LogP contribution in [0, 0.1) is 0 Å². The molecule has 1 unspecified atom stereocenters. The molecule has 0 radical (unpaired) electrons. The Hall–Kier alpha value is -1.03. The number of hydrogen-bond donors (Lipinski definition) is 3. The summed E-state index contributed by atoms with van der Waals surface area (Å²) in [4.78, 5) is 3.06. The van der Waals surface area contributed by atoms with E-state index in [4.69, 9.17) is 17.3 Å². The normalized spacial score (nSPS) is 13.3. The van der Waals surface area contributed by atoms with Crippen LogP contribution in [0.2, 0.25) is 5.02 Å². The minimum absolute atomic E-state index is 0.464. The van der Waals surface area contributed by atoms with Crippen LogP contribution in [0.15, 0.2) is 24.4 Å². The van der Waals surface area contributed by atoms with Gasteiger partial charge >= 0.3 is 0 Å². The molecule has 15 heavy (non-hydrogen) atoms. The van der Waals surface area contributed by atoms with E-state index in [2.05, 4.69) is 4.98 Å². The van der Waals surface area contributed by atoms with Gasteiger partial charge in [0.2, 0.25) is 0 Å². The molecule has 1 atom stereocenters. The highest BCUT2D eigenvalue weighted by atomic mass is 35.5. The first-order valence-corrected chi connectivity index (χ1v) is 5.25.